The molecule has 0 spiro atoms. The van der Waals surface area contributed by atoms with Gasteiger partial charge in [-0.3, -0.25) is 14.9 Å². The third-order valence-corrected chi connectivity index (χ3v) is 3.75. The zero-order chi connectivity index (χ0) is 18.2. The molecular weight excluding hydrogens is 417 g/mol. The topological polar surface area (TPSA) is 84.5 Å². The van der Waals surface area contributed by atoms with Crippen LogP contribution in [0.15, 0.2) is 33.6 Å². The lowest BCUT2D eigenvalue weighted by molar-refractivity contribution is -0.145. The Hall–Kier alpha value is -1.75. The molecule has 0 atom stereocenters. The van der Waals surface area contributed by atoms with Crippen LogP contribution in [0.2, 0.25) is 0 Å². The summed E-state index contributed by atoms with van der Waals surface area (Å²) in [4.78, 5) is 34.5. The zero-order valence-corrected chi connectivity index (χ0v) is 14.4. The first-order valence-corrected chi connectivity index (χ1v) is 8.12. The summed E-state index contributed by atoms with van der Waals surface area (Å²) in [5.74, 6) is -1.79. The third kappa shape index (κ3) is 9.40. The van der Waals surface area contributed by atoms with E-state index in [1.807, 2.05) is 0 Å². The number of hydrogen-bond acceptors (Lipinski definition) is 5. The van der Waals surface area contributed by atoms with Crippen LogP contribution >= 0.6 is 27.7 Å². The van der Waals surface area contributed by atoms with Gasteiger partial charge in [-0.25, -0.2) is 4.79 Å². The molecule has 0 aliphatic heterocycles. The zero-order valence-electron chi connectivity index (χ0n) is 12.0. The van der Waals surface area contributed by atoms with Gasteiger partial charge in [-0.15, -0.1) is 11.8 Å². The van der Waals surface area contributed by atoms with Crippen molar-refractivity contribution in [2.24, 2.45) is 0 Å². The van der Waals surface area contributed by atoms with Crippen molar-refractivity contribution in [1.82, 2.24) is 10.6 Å². The molecule has 0 saturated carbocycles. The first kappa shape index (κ1) is 20.3. The number of ether oxygens (including phenoxy) is 1. The molecule has 0 aliphatic rings. The summed E-state index contributed by atoms with van der Waals surface area (Å²) in [6.45, 7) is -2.34. The minimum Gasteiger partial charge on any atom is -0.455 e. The van der Waals surface area contributed by atoms with Crippen LogP contribution in [0.25, 0.3) is 0 Å². The van der Waals surface area contributed by atoms with Crippen LogP contribution < -0.4 is 10.6 Å². The monoisotopic (exact) mass is 428 g/mol. The molecular formula is C13H12BrF3N2O4S. The summed E-state index contributed by atoms with van der Waals surface area (Å²) < 4.78 is 41.1. The quantitative estimate of drug-likeness (QED) is 0.536. The highest BCUT2D eigenvalue weighted by Gasteiger charge is 2.28. The molecule has 0 aliphatic carbocycles. The Bertz CT molecular complexity index is 596. The van der Waals surface area contributed by atoms with E-state index in [0.717, 1.165) is 9.37 Å². The molecule has 6 nitrogen and oxygen atoms in total. The first-order valence-electron chi connectivity index (χ1n) is 6.34. The number of thioether (sulfide) groups is 1. The van der Waals surface area contributed by atoms with E-state index < -0.39 is 37.2 Å². The van der Waals surface area contributed by atoms with Crippen molar-refractivity contribution >= 4 is 45.6 Å². The number of alkyl halides is 3. The number of nitrogens with one attached hydrogen (secondary N) is 2. The van der Waals surface area contributed by atoms with Crippen molar-refractivity contribution in [3.8, 4) is 0 Å². The standard InChI is InChI=1S/C13H12BrF3N2O4S/c14-8-1-3-9(4-2-8)24-6-11(21)23-5-10(20)19-12(22)18-7-13(15,16)17/h1-4H,5-7H2,(H2,18,19,20,22). The van der Waals surface area contributed by atoms with Gasteiger partial charge in [-0.2, -0.15) is 13.2 Å². The van der Waals surface area contributed by atoms with Crippen molar-refractivity contribution in [3.63, 3.8) is 0 Å². The summed E-state index contributed by atoms with van der Waals surface area (Å²) in [6.07, 6.45) is -4.59. The van der Waals surface area contributed by atoms with Crippen molar-refractivity contribution in [3.05, 3.63) is 28.7 Å². The van der Waals surface area contributed by atoms with E-state index in [9.17, 15) is 27.6 Å². The lowest BCUT2D eigenvalue weighted by Gasteiger charge is -2.09. The second-order valence-corrected chi connectivity index (χ2v) is 6.21. The molecule has 11 heteroatoms. The van der Waals surface area contributed by atoms with Crippen LogP contribution in [0.1, 0.15) is 0 Å². The highest BCUT2D eigenvalue weighted by atomic mass is 79.9. The van der Waals surface area contributed by atoms with E-state index in [1.54, 1.807) is 29.6 Å². The molecule has 3 amide bonds. The van der Waals surface area contributed by atoms with Crippen LogP contribution in [0.4, 0.5) is 18.0 Å². The van der Waals surface area contributed by atoms with E-state index in [-0.39, 0.29) is 5.75 Å². The Morgan fingerprint density at radius 1 is 1.17 bits per heavy atom. The normalized spacial score (nSPS) is 10.8. The summed E-state index contributed by atoms with van der Waals surface area (Å²) in [5, 5.41) is 3.06. The van der Waals surface area contributed by atoms with Crippen LogP contribution in [-0.2, 0) is 14.3 Å². The van der Waals surface area contributed by atoms with Gasteiger partial charge in [0.2, 0.25) is 0 Å². The summed E-state index contributed by atoms with van der Waals surface area (Å²) in [7, 11) is 0. The maximum absolute atomic E-state index is 11.9. The van der Waals surface area contributed by atoms with Gasteiger partial charge in [-0.1, -0.05) is 15.9 Å². The molecule has 2 N–H and O–H groups in total. The van der Waals surface area contributed by atoms with E-state index in [0.29, 0.717) is 0 Å². The molecule has 0 bridgehead atoms. The average molecular weight is 429 g/mol. The summed E-state index contributed by atoms with van der Waals surface area (Å²) in [6, 6.07) is 5.82. The first-order chi connectivity index (χ1) is 11.2. The SMILES string of the molecule is O=C(COC(=O)CSc1ccc(Br)cc1)NC(=O)NCC(F)(F)F. The second kappa shape index (κ2) is 9.52. The van der Waals surface area contributed by atoms with Gasteiger partial charge in [0.25, 0.3) is 5.91 Å². The highest BCUT2D eigenvalue weighted by molar-refractivity contribution is 9.10. The fourth-order valence-electron chi connectivity index (χ4n) is 1.25. The number of urea groups is 1. The molecule has 24 heavy (non-hydrogen) atoms. The predicted molar refractivity (Wildman–Crippen MR) is 83.4 cm³/mol. The number of carbonyl (C=O) groups is 3. The van der Waals surface area contributed by atoms with Crippen molar-refractivity contribution in [1.29, 1.82) is 0 Å². The second-order valence-electron chi connectivity index (χ2n) is 4.25. The molecule has 1 aromatic carbocycles. The molecule has 0 saturated heterocycles. The number of imide groups is 1. The summed E-state index contributed by atoms with van der Waals surface area (Å²) >= 11 is 4.45. The number of rotatable bonds is 6. The average Bonchev–Trinajstić information content (AvgIpc) is 2.50. The maximum Gasteiger partial charge on any atom is 0.405 e. The minimum absolute atomic E-state index is 0.0603. The van der Waals surface area contributed by atoms with Gasteiger partial charge in [0.05, 0.1) is 5.75 Å². The van der Waals surface area contributed by atoms with E-state index in [4.69, 9.17) is 0 Å². The van der Waals surface area contributed by atoms with Crippen molar-refractivity contribution in [2.45, 2.75) is 11.1 Å². The van der Waals surface area contributed by atoms with Gasteiger partial charge in [0, 0.05) is 9.37 Å². The molecule has 0 radical (unpaired) electrons. The molecule has 1 rings (SSSR count). The Morgan fingerprint density at radius 3 is 2.38 bits per heavy atom. The molecule has 1 aromatic rings. The van der Waals surface area contributed by atoms with Gasteiger partial charge >= 0.3 is 18.2 Å². The Balaban J connectivity index is 2.22. The molecule has 0 aromatic heterocycles. The number of halogens is 4. The number of carbonyl (C=O) groups excluding carboxylic acids is 3. The van der Waals surface area contributed by atoms with Crippen LogP contribution in [0.5, 0.6) is 0 Å². The number of esters is 1. The predicted octanol–water partition coefficient (Wildman–Crippen LogP) is 2.47. The number of amides is 3. The maximum atomic E-state index is 11.9. The van der Waals surface area contributed by atoms with Crippen LogP contribution in [0.3, 0.4) is 0 Å². The molecule has 0 unspecified atom stereocenters. The highest BCUT2D eigenvalue weighted by Crippen LogP contribution is 2.20. The Labute approximate surface area is 147 Å². The molecule has 132 valence electrons. The van der Waals surface area contributed by atoms with E-state index in [1.165, 1.54) is 17.1 Å². The Morgan fingerprint density at radius 2 is 1.79 bits per heavy atom. The smallest absolute Gasteiger partial charge is 0.405 e. The molecule has 0 fully saturated rings. The third-order valence-electron chi connectivity index (χ3n) is 2.24. The minimum atomic E-state index is -4.59. The Kier molecular flexibility index (Phi) is 8.05. The summed E-state index contributed by atoms with van der Waals surface area (Å²) in [5.41, 5.74) is 0. The van der Waals surface area contributed by atoms with Crippen LogP contribution in [0, 0.1) is 0 Å². The van der Waals surface area contributed by atoms with E-state index >= 15 is 0 Å². The fourth-order valence-corrected chi connectivity index (χ4v) is 2.21. The van der Waals surface area contributed by atoms with Gasteiger partial charge in [0.1, 0.15) is 6.54 Å². The van der Waals surface area contributed by atoms with Gasteiger partial charge < -0.3 is 10.1 Å². The lowest BCUT2D eigenvalue weighted by Crippen LogP contribution is -2.44. The number of benzene rings is 1. The van der Waals surface area contributed by atoms with Crippen molar-refractivity contribution < 1.29 is 32.3 Å². The van der Waals surface area contributed by atoms with Gasteiger partial charge in [-0.05, 0) is 24.3 Å². The van der Waals surface area contributed by atoms with Crippen molar-refractivity contribution in [2.75, 3.05) is 18.9 Å². The van der Waals surface area contributed by atoms with Gasteiger partial charge in [0.15, 0.2) is 6.61 Å². The van der Waals surface area contributed by atoms with E-state index in [2.05, 4.69) is 20.7 Å². The number of hydrogen-bond donors (Lipinski definition) is 2. The lowest BCUT2D eigenvalue weighted by atomic mass is 10.4. The largest absolute Gasteiger partial charge is 0.455 e. The fraction of sp³-hybridized carbons (Fsp3) is 0.308. The molecule has 0 heterocycles. The van der Waals surface area contributed by atoms with Crippen LogP contribution in [-0.4, -0.2) is 43.0 Å².